The lowest BCUT2D eigenvalue weighted by atomic mass is 10.2. The molecule has 0 bridgehead atoms. The summed E-state index contributed by atoms with van der Waals surface area (Å²) < 4.78 is 2.10. The Bertz CT molecular complexity index is 1210. The summed E-state index contributed by atoms with van der Waals surface area (Å²) in [6.45, 7) is 0. The molecule has 0 fully saturated rings. The number of rotatable bonds is 1. The molecule has 150 valence electrons. The monoisotopic (exact) mass is 616 g/mol. The largest absolute Gasteiger partial charge is 0.396 e. The van der Waals surface area contributed by atoms with Crippen LogP contribution in [0.1, 0.15) is 7.43 Å². The Hall–Kier alpha value is -2.48. The van der Waals surface area contributed by atoms with Gasteiger partial charge in [0.15, 0.2) is 0 Å². The van der Waals surface area contributed by atoms with Gasteiger partial charge in [-0.25, -0.2) is 4.98 Å². The van der Waals surface area contributed by atoms with Gasteiger partial charge in [-0.3, -0.25) is 15.1 Å². The molecule has 10 heteroatoms. The van der Waals surface area contributed by atoms with E-state index in [-0.39, 0.29) is 18.8 Å². The molecule has 6 N–H and O–H groups in total. The molecule has 0 aliphatic carbocycles. The van der Waals surface area contributed by atoms with Gasteiger partial charge in [-0.2, -0.15) is 0 Å². The van der Waals surface area contributed by atoms with Gasteiger partial charge in [0.2, 0.25) is 0 Å². The number of hydrogen-bond acceptors (Lipinski definition) is 7. The van der Waals surface area contributed by atoms with Crippen molar-refractivity contribution in [2.24, 2.45) is 0 Å². The molecule has 0 saturated carbocycles. The SMILES string of the molecule is C.Nc1c([N+](=O)[O-])cnc2ccc(I)cc12.Nc1cnc2ccc(I)cc2c1N. The molecular formula is C19H18I2N6O2. The standard InChI is InChI=1S/C9H6IN3O2.C9H8IN3.CH4/c10-5-1-2-7-6(3-5)9(11)8(4-12-7)13(14)15;10-5-1-2-8-6(3-5)9(12)7(11)4-13-8;/h1-4H,(H2,11,12);1-4H,11H2,(H2,12,13);1H4. The molecule has 2 aromatic heterocycles. The van der Waals surface area contributed by atoms with Crippen molar-refractivity contribution >= 4 is 89.7 Å². The van der Waals surface area contributed by atoms with Crippen LogP contribution in [0.25, 0.3) is 21.8 Å². The number of nitrogens with two attached hydrogens (primary N) is 3. The first-order valence-electron chi connectivity index (χ1n) is 7.85. The predicted molar refractivity (Wildman–Crippen MR) is 136 cm³/mol. The first kappa shape index (κ1) is 22.8. The molecule has 0 atom stereocenters. The number of fused-ring (bicyclic) bond motifs is 2. The van der Waals surface area contributed by atoms with Crippen molar-refractivity contribution in [3.63, 3.8) is 0 Å². The molecule has 2 heterocycles. The molecule has 0 unspecified atom stereocenters. The minimum atomic E-state index is -0.526. The molecule has 4 rings (SSSR count). The molecular weight excluding hydrogens is 598 g/mol. The number of pyridine rings is 2. The number of halogens is 2. The van der Waals surface area contributed by atoms with Gasteiger partial charge in [0.25, 0.3) is 0 Å². The summed E-state index contributed by atoms with van der Waals surface area (Å²) in [5, 5.41) is 12.2. The van der Waals surface area contributed by atoms with Crippen LogP contribution in [0.2, 0.25) is 0 Å². The van der Waals surface area contributed by atoms with Crippen LogP contribution in [0.5, 0.6) is 0 Å². The highest BCUT2D eigenvalue weighted by Gasteiger charge is 2.14. The maximum absolute atomic E-state index is 10.6. The van der Waals surface area contributed by atoms with Gasteiger partial charge in [-0.1, -0.05) is 7.43 Å². The van der Waals surface area contributed by atoms with Gasteiger partial charge in [0.05, 0.1) is 33.5 Å². The minimum absolute atomic E-state index is 0. The molecule has 0 aliphatic rings. The van der Waals surface area contributed by atoms with Crippen LogP contribution in [-0.4, -0.2) is 14.9 Å². The van der Waals surface area contributed by atoms with E-state index in [9.17, 15) is 10.1 Å². The highest BCUT2D eigenvalue weighted by Crippen LogP contribution is 2.29. The quantitative estimate of drug-likeness (QED) is 0.156. The lowest BCUT2D eigenvalue weighted by molar-refractivity contribution is -0.384. The second-order valence-electron chi connectivity index (χ2n) is 5.76. The zero-order valence-electron chi connectivity index (χ0n) is 14.3. The summed E-state index contributed by atoms with van der Waals surface area (Å²) >= 11 is 4.35. The zero-order valence-corrected chi connectivity index (χ0v) is 18.6. The first-order valence-corrected chi connectivity index (χ1v) is 10.0. The second-order valence-corrected chi connectivity index (χ2v) is 8.26. The molecule has 2 aromatic carbocycles. The highest BCUT2D eigenvalue weighted by molar-refractivity contribution is 14.1. The van der Waals surface area contributed by atoms with E-state index in [2.05, 4.69) is 55.1 Å². The number of nitro groups is 1. The number of nitrogen functional groups attached to an aromatic ring is 3. The van der Waals surface area contributed by atoms with E-state index in [1.807, 2.05) is 24.3 Å². The van der Waals surface area contributed by atoms with E-state index in [0.717, 1.165) is 18.0 Å². The Morgan fingerprint density at radius 2 is 1.31 bits per heavy atom. The normalized spacial score (nSPS) is 10.1. The predicted octanol–water partition coefficient (Wildman–Crippen LogP) is 4.97. The van der Waals surface area contributed by atoms with Crippen LogP contribution in [-0.2, 0) is 0 Å². The van der Waals surface area contributed by atoms with Crippen LogP contribution >= 0.6 is 45.2 Å². The number of anilines is 3. The summed E-state index contributed by atoms with van der Waals surface area (Å²) in [5.41, 5.74) is 19.9. The topological polar surface area (TPSA) is 147 Å². The molecule has 0 amide bonds. The number of aromatic nitrogens is 2. The van der Waals surface area contributed by atoms with E-state index in [1.165, 1.54) is 6.20 Å². The number of benzene rings is 2. The van der Waals surface area contributed by atoms with E-state index >= 15 is 0 Å². The fourth-order valence-electron chi connectivity index (χ4n) is 2.52. The van der Waals surface area contributed by atoms with Crippen molar-refractivity contribution in [3.8, 4) is 0 Å². The number of hydrogen-bond donors (Lipinski definition) is 3. The maximum Gasteiger partial charge on any atom is 0.310 e. The van der Waals surface area contributed by atoms with Gasteiger partial charge in [-0.15, -0.1) is 0 Å². The van der Waals surface area contributed by atoms with Crippen LogP contribution in [0.4, 0.5) is 22.7 Å². The van der Waals surface area contributed by atoms with Crippen LogP contribution in [0.3, 0.4) is 0 Å². The zero-order chi connectivity index (χ0) is 20.4. The van der Waals surface area contributed by atoms with Gasteiger partial charge in [0, 0.05) is 17.9 Å². The van der Waals surface area contributed by atoms with Crippen molar-refractivity contribution in [3.05, 3.63) is 66.0 Å². The summed E-state index contributed by atoms with van der Waals surface area (Å²) in [7, 11) is 0. The van der Waals surface area contributed by atoms with Gasteiger partial charge < -0.3 is 17.2 Å². The van der Waals surface area contributed by atoms with Gasteiger partial charge in [0.1, 0.15) is 11.9 Å². The molecule has 4 aromatic rings. The average molecular weight is 616 g/mol. The van der Waals surface area contributed by atoms with Crippen molar-refractivity contribution in [1.82, 2.24) is 9.97 Å². The first-order chi connectivity index (χ1) is 13.3. The summed E-state index contributed by atoms with van der Waals surface area (Å²) in [6.07, 6.45) is 2.77. The summed E-state index contributed by atoms with van der Waals surface area (Å²) in [6, 6.07) is 11.4. The molecule has 0 spiro atoms. The Morgan fingerprint density at radius 1 is 0.828 bits per heavy atom. The smallest absolute Gasteiger partial charge is 0.310 e. The van der Waals surface area contributed by atoms with E-state index in [0.29, 0.717) is 22.3 Å². The van der Waals surface area contributed by atoms with Crippen molar-refractivity contribution < 1.29 is 4.92 Å². The third-order valence-corrected chi connectivity index (χ3v) is 5.29. The van der Waals surface area contributed by atoms with Crippen molar-refractivity contribution in [1.29, 1.82) is 0 Å². The van der Waals surface area contributed by atoms with E-state index < -0.39 is 4.92 Å². The third kappa shape index (κ3) is 4.93. The summed E-state index contributed by atoms with van der Waals surface area (Å²) in [4.78, 5) is 18.3. The summed E-state index contributed by atoms with van der Waals surface area (Å²) in [5.74, 6) is 0. The van der Waals surface area contributed by atoms with E-state index in [4.69, 9.17) is 17.2 Å². The highest BCUT2D eigenvalue weighted by atomic mass is 127. The van der Waals surface area contributed by atoms with Gasteiger partial charge >= 0.3 is 5.69 Å². The lowest BCUT2D eigenvalue weighted by Gasteiger charge is -2.04. The Kier molecular flexibility index (Phi) is 7.35. The molecule has 0 saturated heterocycles. The average Bonchev–Trinajstić information content (AvgIpc) is 2.66. The molecule has 8 nitrogen and oxygen atoms in total. The Balaban J connectivity index is 0.000000202. The fourth-order valence-corrected chi connectivity index (χ4v) is 3.50. The molecule has 0 aliphatic heterocycles. The van der Waals surface area contributed by atoms with Crippen LogP contribution in [0, 0.1) is 17.3 Å². The minimum Gasteiger partial charge on any atom is -0.396 e. The maximum atomic E-state index is 10.6. The van der Waals surface area contributed by atoms with E-state index in [1.54, 1.807) is 18.3 Å². The third-order valence-electron chi connectivity index (χ3n) is 3.95. The Morgan fingerprint density at radius 3 is 1.83 bits per heavy atom. The molecule has 29 heavy (non-hydrogen) atoms. The van der Waals surface area contributed by atoms with Crippen LogP contribution in [0.15, 0.2) is 48.8 Å². The molecule has 0 radical (unpaired) electrons. The van der Waals surface area contributed by atoms with Crippen LogP contribution < -0.4 is 17.2 Å². The fraction of sp³-hybridized carbons (Fsp3) is 0.0526. The van der Waals surface area contributed by atoms with Gasteiger partial charge in [-0.05, 0) is 81.6 Å². The lowest BCUT2D eigenvalue weighted by Crippen LogP contribution is -1.98. The number of nitrogens with zero attached hydrogens (tertiary/aromatic N) is 3. The van der Waals surface area contributed by atoms with Crippen molar-refractivity contribution in [2.45, 2.75) is 7.43 Å². The van der Waals surface area contributed by atoms with Crippen molar-refractivity contribution in [2.75, 3.05) is 17.2 Å². The Labute approximate surface area is 194 Å². The second kappa shape index (κ2) is 9.35.